The van der Waals surface area contributed by atoms with Gasteiger partial charge in [-0.1, -0.05) is 18.2 Å². The molecule has 0 aromatic heterocycles. The van der Waals surface area contributed by atoms with Gasteiger partial charge >= 0.3 is 5.97 Å². The summed E-state index contributed by atoms with van der Waals surface area (Å²) in [5.41, 5.74) is 3.15. The van der Waals surface area contributed by atoms with Gasteiger partial charge in [-0.25, -0.2) is 4.79 Å². The van der Waals surface area contributed by atoms with E-state index < -0.39 is 5.97 Å². The molecule has 1 heterocycles. The average molecular weight is 355 g/mol. The monoisotopic (exact) mass is 355 g/mol. The van der Waals surface area contributed by atoms with Crippen molar-refractivity contribution in [1.29, 1.82) is 0 Å². The van der Waals surface area contributed by atoms with Crippen molar-refractivity contribution in [3.8, 4) is 11.5 Å². The second-order valence-electron chi connectivity index (χ2n) is 6.15. The van der Waals surface area contributed by atoms with Crippen LogP contribution in [0.3, 0.4) is 0 Å². The molecule has 0 unspecified atom stereocenters. The number of benzene rings is 2. The molecule has 3 rings (SSSR count). The van der Waals surface area contributed by atoms with E-state index in [1.807, 2.05) is 18.2 Å². The summed E-state index contributed by atoms with van der Waals surface area (Å²) in [6, 6.07) is 10.6. The Hall–Kier alpha value is -3.02. The lowest BCUT2D eigenvalue weighted by Gasteiger charge is -2.10. The quantitative estimate of drug-likeness (QED) is 0.796. The first-order valence-electron chi connectivity index (χ1n) is 8.48. The molecule has 1 amide bonds. The molecule has 0 bridgehead atoms. The van der Waals surface area contributed by atoms with Gasteiger partial charge in [0.25, 0.3) is 0 Å². The van der Waals surface area contributed by atoms with Crippen molar-refractivity contribution < 1.29 is 24.2 Å². The summed E-state index contributed by atoms with van der Waals surface area (Å²) in [5, 5.41) is 11.9. The maximum atomic E-state index is 12.1. The number of carboxylic acids is 1. The van der Waals surface area contributed by atoms with Gasteiger partial charge in [0, 0.05) is 13.0 Å². The van der Waals surface area contributed by atoms with E-state index in [1.54, 1.807) is 6.07 Å². The predicted molar refractivity (Wildman–Crippen MR) is 96.0 cm³/mol. The topological polar surface area (TPSA) is 84.9 Å². The Bertz CT molecular complexity index is 831. The van der Waals surface area contributed by atoms with Gasteiger partial charge in [0.15, 0.2) is 0 Å². The van der Waals surface area contributed by atoms with E-state index in [-0.39, 0.29) is 11.5 Å². The summed E-state index contributed by atoms with van der Waals surface area (Å²) in [7, 11) is 1.50. The number of ether oxygens (including phenoxy) is 2. The molecule has 6 heteroatoms. The van der Waals surface area contributed by atoms with E-state index in [0.717, 1.165) is 28.9 Å². The maximum absolute atomic E-state index is 12.1. The van der Waals surface area contributed by atoms with Crippen molar-refractivity contribution in [3.05, 3.63) is 58.7 Å². The summed E-state index contributed by atoms with van der Waals surface area (Å²) in [6.07, 6.45) is 1.77. The number of nitrogens with one attached hydrogen (secondary N) is 1. The highest BCUT2D eigenvalue weighted by molar-refractivity contribution is 5.88. The molecular formula is C20H21NO5. The van der Waals surface area contributed by atoms with E-state index in [4.69, 9.17) is 14.6 Å². The third-order valence-electron chi connectivity index (χ3n) is 4.37. The SMILES string of the molecule is COc1cc(C(=O)O)ccc1CCNC(=O)Cc1ccc2c(c1)CCO2. The summed E-state index contributed by atoms with van der Waals surface area (Å²) >= 11 is 0. The van der Waals surface area contributed by atoms with Crippen LogP contribution >= 0.6 is 0 Å². The Labute approximate surface area is 151 Å². The highest BCUT2D eigenvalue weighted by atomic mass is 16.5. The Morgan fingerprint density at radius 2 is 2.08 bits per heavy atom. The lowest BCUT2D eigenvalue weighted by Crippen LogP contribution is -2.27. The predicted octanol–water partition coefficient (Wildman–Crippen LogP) is 2.23. The average Bonchev–Trinajstić information content (AvgIpc) is 3.09. The number of methoxy groups -OCH3 is 1. The Morgan fingerprint density at radius 3 is 2.85 bits per heavy atom. The van der Waals surface area contributed by atoms with Gasteiger partial charge in [0.05, 0.1) is 25.7 Å². The molecule has 6 nitrogen and oxygen atoms in total. The summed E-state index contributed by atoms with van der Waals surface area (Å²) in [6.45, 7) is 1.16. The molecule has 0 atom stereocenters. The fourth-order valence-corrected chi connectivity index (χ4v) is 3.02. The molecule has 1 aliphatic heterocycles. The number of carbonyl (C=O) groups is 2. The minimum Gasteiger partial charge on any atom is -0.496 e. The van der Waals surface area contributed by atoms with Crippen LogP contribution in [0.4, 0.5) is 0 Å². The van der Waals surface area contributed by atoms with Gasteiger partial charge in [-0.2, -0.15) is 0 Å². The highest BCUT2D eigenvalue weighted by Crippen LogP contribution is 2.26. The van der Waals surface area contributed by atoms with Gasteiger partial charge in [0.2, 0.25) is 5.91 Å². The first-order chi connectivity index (χ1) is 12.6. The summed E-state index contributed by atoms with van der Waals surface area (Å²) in [4.78, 5) is 23.2. The van der Waals surface area contributed by atoms with Crippen molar-refractivity contribution in [3.63, 3.8) is 0 Å². The van der Waals surface area contributed by atoms with Gasteiger partial charge < -0.3 is 19.9 Å². The normalized spacial score (nSPS) is 12.2. The first-order valence-corrected chi connectivity index (χ1v) is 8.48. The van der Waals surface area contributed by atoms with Crippen molar-refractivity contribution in [1.82, 2.24) is 5.32 Å². The van der Waals surface area contributed by atoms with Crippen LogP contribution in [-0.4, -0.2) is 37.2 Å². The number of rotatable bonds is 7. The van der Waals surface area contributed by atoms with Crippen molar-refractivity contribution in [2.75, 3.05) is 20.3 Å². The molecule has 136 valence electrons. The van der Waals surface area contributed by atoms with E-state index >= 15 is 0 Å². The zero-order valence-corrected chi connectivity index (χ0v) is 14.6. The van der Waals surface area contributed by atoms with E-state index in [2.05, 4.69) is 5.32 Å². The number of carbonyl (C=O) groups excluding carboxylic acids is 1. The van der Waals surface area contributed by atoms with Gasteiger partial charge in [-0.15, -0.1) is 0 Å². The third-order valence-corrected chi connectivity index (χ3v) is 4.37. The van der Waals surface area contributed by atoms with Gasteiger partial charge in [0.1, 0.15) is 11.5 Å². The highest BCUT2D eigenvalue weighted by Gasteiger charge is 2.13. The summed E-state index contributed by atoms with van der Waals surface area (Å²) < 4.78 is 10.7. The van der Waals surface area contributed by atoms with Crippen LogP contribution in [0.2, 0.25) is 0 Å². The third kappa shape index (κ3) is 4.14. The molecule has 2 aromatic rings. The van der Waals surface area contributed by atoms with Crippen molar-refractivity contribution in [2.45, 2.75) is 19.3 Å². The number of carboxylic acid groups (broad SMARTS) is 1. The molecular weight excluding hydrogens is 334 g/mol. The molecule has 0 aliphatic carbocycles. The molecule has 0 fully saturated rings. The zero-order chi connectivity index (χ0) is 18.5. The van der Waals surface area contributed by atoms with Crippen LogP contribution in [-0.2, 0) is 24.1 Å². The number of fused-ring (bicyclic) bond motifs is 1. The van der Waals surface area contributed by atoms with Crippen molar-refractivity contribution >= 4 is 11.9 Å². The fraction of sp³-hybridized carbons (Fsp3) is 0.300. The lowest BCUT2D eigenvalue weighted by molar-refractivity contribution is -0.120. The smallest absolute Gasteiger partial charge is 0.335 e. The number of amides is 1. The van der Waals surface area contributed by atoms with Crippen molar-refractivity contribution in [2.24, 2.45) is 0 Å². The Kier molecular flexibility index (Phi) is 5.41. The van der Waals surface area contributed by atoms with Gasteiger partial charge in [-0.05, 0) is 41.3 Å². The standard InChI is InChI=1S/C20H21NO5/c1-25-18-12-16(20(23)24)4-3-14(18)6-8-21-19(22)11-13-2-5-17-15(10-13)7-9-26-17/h2-5,10,12H,6-9,11H2,1H3,(H,21,22)(H,23,24). The van der Waals surface area contributed by atoms with E-state index in [9.17, 15) is 9.59 Å². The number of aromatic carboxylic acids is 1. The molecule has 0 saturated heterocycles. The maximum Gasteiger partial charge on any atom is 0.335 e. The number of hydrogen-bond acceptors (Lipinski definition) is 4. The van der Waals surface area contributed by atoms with Crippen LogP contribution in [0.5, 0.6) is 11.5 Å². The molecule has 2 N–H and O–H groups in total. The number of hydrogen-bond donors (Lipinski definition) is 2. The molecule has 1 aliphatic rings. The van der Waals surface area contributed by atoms with E-state index in [1.165, 1.54) is 19.2 Å². The first kappa shape index (κ1) is 17.8. The second kappa shape index (κ2) is 7.91. The lowest BCUT2D eigenvalue weighted by atomic mass is 10.1. The van der Waals surface area contributed by atoms with Gasteiger partial charge in [-0.3, -0.25) is 4.79 Å². The molecule has 26 heavy (non-hydrogen) atoms. The van der Waals surface area contributed by atoms with Crippen LogP contribution in [0.1, 0.15) is 27.0 Å². The zero-order valence-electron chi connectivity index (χ0n) is 14.6. The van der Waals surface area contributed by atoms with Crippen LogP contribution in [0.15, 0.2) is 36.4 Å². The second-order valence-corrected chi connectivity index (χ2v) is 6.15. The summed E-state index contributed by atoms with van der Waals surface area (Å²) in [5.74, 6) is 0.372. The molecule has 0 radical (unpaired) electrons. The largest absolute Gasteiger partial charge is 0.496 e. The minimum atomic E-state index is -0.997. The van der Waals surface area contributed by atoms with Crippen LogP contribution in [0, 0.1) is 0 Å². The molecule has 2 aromatic carbocycles. The molecule has 0 saturated carbocycles. The molecule has 0 spiro atoms. The van der Waals surface area contributed by atoms with Crippen LogP contribution in [0.25, 0.3) is 0 Å². The Balaban J connectivity index is 1.53. The van der Waals surface area contributed by atoms with Crippen LogP contribution < -0.4 is 14.8 Å². The minimum absolute atomic E-state index is 0.0509. The fourth-order valence-electron chi connectivity index (χ4n) is 3.02. The Morgan fingerprint density at radius 1 is 1.23 bits per heavy atom. The van der Waals surface area contributed by atoms with E-state index in [0.29, 0.717) is 31.7 Å².